The minimum Gasteiger partial charge on any atom is -0.410 e. The van der Waals surface area contributed by atoms with Crippen LogP contribution < -0.4 is 5.32 Å². The average molecular weight is 233 g/mol. The molecule has 1 aromatic carbocycles. The van der Waals surface area contributed by atoms with Gasteiger partial charge in [-0.15, -0.1) is 0 Å². The Morgan fingerprint density at radius 3 is 2.92 bits per heavy atom. The minimum absolute atomic E-state index is 0.332. The number of oxime groups is 1. The molecular weight excluding hydrogens is 227 g/mol. The molecular formula is C7H6BrFN2O. The van der Waals surface area contributed by atoms with Crippen LogP contribution in [0, 0.1) is 5.82 Å². The first-order valence-corrected chi connectivity index (χ1v) is 3.91. The molecule has 2 N–H and O–H groups in total. The molecule has 5 heteroatoms. The van der Waals surface area contributed by atoms with Gasteiger partial charge in [0, 0.05) is 5.69 Å². The SMILES string of the molecule is ON=CNc1ccc(F)c(Br)c1. The molecule has 0 bridgehead atoms. The van der Waals surface area contributed by atoms with Gasteiger partial charge in [0.1, 0.15) is 12.2 Å². The third-order valence-electron chi connectivity index (χ3n) is 1.21. The van der Waals surface area contributed by atoms with Crippen molar-refractivity contribution in [3.63, 3.8) is 0 Å². The molecule has 64 valence electrons. The second-order valence-corrected chi connectivity index (χ2v) is 2.87. The predicted molar refractivity (Wildman–Crippen MR) is 48.0 cm³/mol. The maximum Gasteiger partial charge on any atom is 0.137 e. The van der Waals surface area contributed by atoms with Crippen LogP contribution in [0.4, 0.5) is 10.1 Å². The zero-order chi connectivity index (χ0) is 8.97. The summed E-state index contributed by atoms with van der Waals surface area (Å²) < 4.78 is 13.0. The van der Waals surface area contributed by atoms with E-state index in [4.69, 9.17) is 5.21 Å². The largest absolute Gasteiger partial charge is 0.410 e. The van der Waals surface area contributed by atoms with Crippen LogP contribution in [0.25, 0.3) is 0 Å². The molecule has 0 aliphatic heterocycles. The van der Waals surface area contributed by atoms with Gasteiger partial charge in [-0.2, -0.15) is 0 Å². The van der Waals surface area contributed by atoms with E-state index in [0.717, 1.165) is 6.34 Å². The highest BCUT2D eigenvalue weighted by Gasteiger charge is 1.98. The van der Waals surface area contributed by atoms with Crippen molar-refractivity contribution in [1.29, 1.82) is 0 Å². The van der Waals surface area contributed by atoms with Crippen molar-refractivity contribution in [3.05, 3.63) is 28.5 Å². The van der Waals surface area contributed by atoms with Crippen LogP contribution in [0.5, 0.6) is 0 Å². The van der Waals surface area contributed by atoms with E-state index in [2.05, 4.69) is 26.4 Å². The molecule has 0 amide bonds. The summed E-state index contributed by atoms with van der Waals surface area (Å²) in [5.41, 5.74) is 0.640. The predicted octanol–water partition coefficient (Wildman–Crippen LogP) is 2.42. The average Bonchev–Trinajstić information content (AvgIpc) is 2.07. The lowest BCUT2D eigenvalue weighted by atomic mass is 10.3. The lowest BCUT2D eigenvalue weighted by Crippen LogP contribution is -1.94. The van der Waals surface area contributed by atoms with Crippen LogP contribution in [0.3, 0.4) is 0 Å². The standard InChI is InChI=1S/C7H6BrFN2O/c8-6-3-5(10-4-11-12)1-2-7(6)9/h1-4,12H,(H,10,11). The van der Waals surface area contributed by atoms with Crippen LogP contribution in [0.15, 0.2) is 27.8 Å². The zero-order valence-corrected chi connectivity index (χ0v) is 7.55. The van der Waals surface area contributed by atoms with Gasteiger partial charge in [-0.1, -0.05) is 5.16 Å². The van der Waals surface area contributed by atoms with Crippen LogP contribution in [0.1, 0.15) is 0 Å². The molecule has 0 aliphatic carbocycles. The van der Waals surface area contributed by atoms with Gasteiger partial charge in [-0.3, -0.25) is 0 Å². The summed E-state index contributed by atoms with van der Waals surface area (Å²) in [7, 11) is 0. The molecule has 0 radical (unpaired) electrons. The van der Waals surface area contributed by atoms with E-state index < -0.39 is 0 Å². The Balaban J connectivity index is 2.82. The summed E-state index contributed by atoms with van der Waals surface area (Å²) in [6, 6.07) is 4.37. The van der Waals surface area contributed by atoms with Crippen LogP contribution in [0.2, 0.25) is 0 Å². The summed E-state index contributed by atoms with van der Waals surface area (Å²) in [4.78, 5) is 0. The van der Waals surface area contributed by atoms with E-state index in [1.807, 2.05) is 0 Å². The highest BCUT2D eigenvalue weighted by Crippen LogP contribution is 2.19. The van der Waals surface area contributed by atoms with Crippen LogP contribution >= 0.6 is 15.9 Å². The van der Waals surface area contributed by atoms with Crippen LogP contribution in [-0.2, 0) is 0 Å². The molecule has 0 heterocycles. The van der Waals surface area contributed by atoms with Gasteiger partial charge >= 0.3 is 0 Å². The fourth-order valence-electron chi connectivity index (χ4n) is 0.689. The van der Waals surface area contributed by atoms with Crippen molar-refractivity contribution in [2.24, 2.45) is 5.16 Å². The Hall–Kier alpha value is -1.10. The third-order valence-corrected chi connectivity index (χ3v) is 1.82. The van der Waals surface area contributed by atoms with Gasteiger partial charge < -0.3 is 10.5 Å². The second-order valence-electron chi connectivity index (χ2n) is 2.02. The molecule has 0 spiro atoms. The number of nitrogens with one attached hydrogen (secondary N) is 1. The number of rotatable bonds is 2. The van der Waals surface area contributed by atoms with E-state index in [0.29, 0.717) is 10.2 Å². The number of hydrogen-bond donors (Lipinski definition) is 2. The maximum absolute atomic E-state index is 12.7. The number of hydrogen-bond acceptors (Lipinski definition) is 2. The highest BCUT2D eigenvalue weighted by atomic mass is 79.9. The molecule has 0 aliphatic rings. The number of halogens is 2. The normalized spacial score (nSPS) is 10.5. The summed E-state index contributed by atoms with van der Waals surface area (Å²) in [6.45, 7) is 0. The summed E-state index contributed by atoms with van der Waals surface area (Å²) in [6.07, 6.45) is 1.10. The van der Waals surface area contributed by atoms with Gasteiger partial charge in [-0.25, -0.2) is 4.39 Å². The molecule has 0 unspecified atom stereocenters. The van der Waals surface area contributed by atoms with Crippen molar-refractivity contribution < 1.29 is 9.60 Å². The van der Waals surface area contributed by atoms with E-state index >= 15 is 0 Å². The Morgan fingerprint density at radius 1 is 1.58 bits per heavy atom. The van der Waals surface area contributed by atoms with Crippen molar-refractivity contribution in [1.82, 2.24) is 0 Å². The van der Waals surface area contributed by atoms with Crippen molar-refractivity contribution in [2.75, 3.05) is 5.32 Å². The Bertz CT molecular complexity index is 303. The van der Waals surface area contributed by atoms with Crippen molar-refractivity contribution in [3.8, 4) is 0 Å². The highest BCUT2D eigenvalue weighted by molar-refractivity contribution is 9.10. The number of benzene rings is 1. The van der Waals surface area contributed by atoms with Gasteiger partial charge in [0.05, 0.1) is 4.47 Å². The fraction of sp³-hybridized carbons (Fsp3) is 0. The minimum atomic E-state index is -0.332. The lowest BCUT2D eigenvalue weighted by molar-refractivity contribution is 0.321. The number of anilines is 1. The smallest absolute Gasteiger partial charge is 0.137 e. The van der Waals surface area contributed by atoms with Gasteiger partial charge in [-0.05, 0) is 34.1 Å². The zero-order valence-electron chi connectivity index (χ0n) is 5.96. The van der Waals surface area contributed by atoms with Gasteiger partial charge in [0.2, 0.25) is 0 Å². The van der Waals surface area contributed by atoms with E-state index in [1.165, 1.54) is 18.2 Å². The molecule has 1 rings (SSSR count). The molecule has 0 saturated carbocycles. The Morgan fingerprint density at radius 2 is 2.33 bits per heavy atom. The first kappa shape index (κ1) is 8.99. The maximum atomic E-state index is 12.7. The topological polar surface area (TPSA) is 44.6 Å². The molecule has 0 aromatic heterocycles. The lowest BCUT2D eigenvalue weighted by Gasteiger charge is -1.99. The molecule has 12 heavy (non-hydrogen) atoms. The first-order valence-electron chi connectivity index (χ1n) is 3.11. The molecule has 3 nitrogen and oxygen atoms in total. The van der Waals surface area contributed by atoms with Crippen molar-refractivity contribution >= 4 is 28.0 Å². The fourth-order valence-corrected chi connectivity index (χ4v) is 1.07. The molecule has 0 atom stereocenters. The van der Waals surface area contributed by atoms with Crippen molar-refractivity contribution in [2.45, 2.75) is 0 Å². The van der Waals surface area contributed by atoms with E-state index in [9.17, 15) is 4.39 Å². The molecule has 0 fully saturated rings. The summed E-state index contributed by atoms with van der Waals surface area (Å²) in [5, 5.41) is 13.4. The van der Waals surface area contributed by atoms with E-state index in [-0.39, 0.29) is 5.82 Å². The quantitative estimate of drug-likeness (QED) is 0.356. The molecule has 1 aromatic rings. The molecule has 0 saturated heterocycles. The Kier molecular flexibility index (Phi) is 3.04. The van der Waals surface area contributed by atoms with Gasteiger partial charge in [0.15, 0.2) is 0 Å². The van der Waals surface area contributed by atoms with Gasteiger partial charge in [0.25, 0.3) is 0 Å². The summed E-state index contributed by atoms with van der Waals surface area (Å²) >= 11 is 3.02. The second kappa shape index (κ2) is 4.06. The van der Waals surface area contributed by atoms with E-state index in [1.54, 1.807) is 0 Å². The summed E-state index contributed by atoms with van der Waals surface area (Å²) in [5.74, 6) is -0.332. The first-order chi connectivity index (χ1) is 5.74. The Labute approximate surface area is 77.0 Å². The number of nitrogens with zero attached hydrogens (tertiary/aromatic N) is 1. The third kappa shape index (κ3) is 2.20. The monoisotopic (exact) mass is 232 g/mol. The van der Waals surface area contributed by atoms with Crippen LogP contribution in [-0.4, -0.2) is 11.5 Å².